The molecule has 2 amide bonds. The molecule has 148 valence electrons. The molecule has 1 aliphatic heterocycles. The molecule has 0 spiro atoms. The van der Waals surface area contributed by atoms with Gasteiger partial charge in [0.25, 0.3) is 0 Å². The summed E-state index contributed by atoms with van der Waals surface area (Å²) in [6.45, 7) is 5.47. The van der Waals surface area contributed by atoms with Crippen LogP contribution in [0.15, 0.2) is 24.3 Å². The summed E-state index contributed by atoms with van der Waals surface area (Å²) in [4.78, 5) is 38.2. The van der Waals surface area contributed by atoms with Crippen molar-refractivity contribution in [3.05, 3.63) is 29.8 Å². The molecule has 7 nitrogen and oxygen atoms in total. The second-order valence-electron chi connectivity index (χ2n) is 6.48. The zero-order valence-electron chi connectivity index (χ0n) is 16.0. The molecule has 0 radical (unpaired) electrons. The van der Waals surface area contributed by atoms with Crippen molar-refractivity contribution in [2.24, 2.45) is 5.92 Å². The molecule has 1 heterocycles. The van der Waals surface area contributed by atoms with Crippen LogP contribution in [0.5, 0.6) is 0 Å². The minimum Gasteiger partial charge on any atom is -0.466 e. The van der Waals surface area contributed by atoms with Gasteiger partial charge in [0.15, 0.2) is 0 Å². The zero-order chi connectivity index (χ0) is 19.6. The molecular formula is C20H28N2O5. The number of carbonyl (C=O) groups is 3. The van der Waals surface area contributed by atoms with Crippen molar-refractivity contribution in [3.63, 3.8) is 0 Å². The molecule has 1 aromatic carbocycles. The van der Waals surface area contributed by atoms with Crippen molar-refractivity contribution < 1.29 is 23.9 Å². The Labute approximate surface area is 160 Å². The van der Waals surface area contributed by atoms with E-state index >= 15 is 0 Å². The summed E-state index contributed by atoms with van der Waals surface area (Å²) in [6, 6.07) is 6.52. The van der Waals surface area contributed by atoms with E-state index in [1.54, 1.807) is 36.1 Å². The lowest BCUT2D eigenvalue weighted by molar-refractivity contribution is -0.149. The van der Waals surface area contributed by atoms with Crippen LogP contribution in [-0.2, 0) is 14.3 Å². The number of rotatable bonds is 7. The van der Waals surface area contributed by atoms with Gasteiger partial charge < -0.3 is 19.7 Å². The predicted molar refractivity (Wildman–Crippen MR) is 102 cm³/mol. The Kier molecular flexibility index (Phi) is 8.10. The molecular weight excluding hydrogens is 348 g/mol. The Balaban J connectivity index is 1.93. The number of likely N-dealkylation sites (tertiary alicyclic amines) is 1. The van der Waals surface area contributed by atoms with E-state index in [-0.39, 0.29) is 17.9 Å². The Morgan fingerprint density at radius 3 is 2.48 bits per heavy atom. The maximum Gasteiger partial charge on any atom is 0.340 e. The molecule has 0 saturated carbocycles. The van der Waals surface area contributed by atoms with Gasteiger partial charge in [0.1, 0.15) is 0 Å². The van der Waals surface area contributed by atoms with Crippen molar-refractivity contribution >= 4 is 23.7 Å². The average molecular weight is 376 g/mol. The van der Waals surface area contributed by atoms with Crippen molar-refractivity contribution in [2.45, 2.75) is 39.5 Å². The van der Waals surface area contributed by atoms with Gasteiger partial charge in [-0.2, -0.15) is 0 Å². The zero-order valence-corrected chi connectivity index (χ0v) is 16.0. The van der Waals surface area contributed by atoms with Gasteiger partial charge in [-0.25, -0.2) is 9.59 Å². The molecule has 0 unspecified atom stereocenters. The third-order valence-electron chi connectivity index (χ3n) is 4.52. The number of hydrogen-bond donors (Lipinski definition) is 1. The van der Waals surface area contributed by atoms with Gasteiger partial charge in [0, 0.05) is 13.1 Å². The lowest BCUT2D eigenvalue weighted by atomic mass is 9.97. The van der Waals surface area contributed by atoms with Crippen LogP contribution in [0.4, 0.5) is 10.5 Å². The van der Waals surface area contributed by atoms with Gasteiger partial charge in [0.05, 0.1) is 30.4 Å². The number of piperidine rings is 1. The summed E-state index contributed by atoms with van der Waals surface area (Å²) in [7, 11) is 0. The number of para-hydroxylation sites is 1. The largest absolute Gasteiger partial charge is 0.466 e. The Bertz CT molecular complexity index is 654. The van der Waals surface area contributed by atoms with Gasteiger partial charge in [-0.3, -0.25) is 4.79 Å². The fraction of sp³-hybridized carbons (Fsp3) is 0.550. The standard InChI is InChI=1S/C20H28N2O5/c1-3-5-14-27-19(24)16-8-6-7-9-17(16)21-20(25)22-12-10-15(11-13-22)18(23)26-4-2/h6-9,15H,3-5,10-14H2,1-2H3,(H,21,25). The van der Waals surface area contributed by atoms with Crippen molar-refractivity contribution in [1.82, 2.24) is 4.90 Å². The highest BCUT2D eigenvalue weighted by Crippen LogP contribution is 2.21. The molecule has 27 heavy (non-hydrogen) atoms. The number of benzene rings is 1. The van der Waals surface area contributed by atoms with Crippen LogP contribution in [-0.4, -0.2) is 49.2 Å². The second-order valence-corrected chi connectivity index (χ2v) is 6.48. The van der Waals surface area contributed by atoms with Gasteiger partial charge in [0.2, 0.25) is 0 Å². The maximum atomic E-state index is 12.6. The van der Waals surface area contributed by atoms with E-state index in [4.69, 9.17) is 9.47 Å². The van der Waals surface area contributed by atoms with Gasteiger partial charge in [-0.15, -0.1) is 0 Å². The number of nitrogens with zero attached hydrogens (tertiary/aromatic N) is 1. The SMILES string of the molecule is CCCCOC(=O)c1ccccc1NC(=O)N1CCC(C(=O)OCC)CC1. The first-order valence-electron chi connectivity index (χ1n) is 9.55. The summed E-state index contributed by atoms with van der Waals surface area (Å²) in [6.07, 6.45) is 2.89. The summed E-state index contributed by atoms with van der Waals surface area (Å²) >= 11 is 0. The third kappa shape index (κ3) is 5.98. The van der Waals surface area contributed by atoms with E-state index in [1.807, 2.05) is 6.92 Å². The topological polar surface area (TPSA) is 84.9 Å². The summed E-state index contributed by atoms with van der Waals surface area (Å²) in [5.41, 5.74) is 0.764. The van der Waals surface area contributed by atoms with E-state index in [0.717, 1.165) is 12.8 Å². The van der Waals surface area contributed by atoms with Crippen LogP contribution in [0, 0.1) is 5.92 Å². The lowest BCUT2D eigenvalue weighted by Crippen LogP contribution is -2.43. The minimum absolute atomic E-state index is 0.158. The molecule has 7 heteroatoms. The average Bonchev–Trinajstić information content (AvgIpc) is 2.68. The predicted octanol–water partition coefficient (Wildman–Crippen LogP) is 3.45. The number of carbonyl (C=O) groups excluding carboxylic acids is 3. The van der Waals surface area contributed by atoms with Crippen LogP contribution >= 0.6 is 0 Å². The molecule has 1 N–H and O–H groups in total. The monoisotopic (exact) mass is 376 g/mol. The van der Waals surface area contributed by atoms with E-state index in [1.165, 1.54) is 0 Å². The number of esters is 2. The van der Waals surface area contributed by atoms with Crippen LogP contribution in [0.2, 0.25) is 0 Å². The third-order valence-corrected chi connectivity index (χ3v) is 4.52. The second kappa shape index (κ2) is 10.5. The number of urea groups is 1. The van der Waals surface area contributed by atoms with E-state index in [2.05, 4.69) is 5.32 Å². The number of ether oxygens (including phenoxy) is 2. The molecule has 2 rings (SSSR count). The van der Waals surface area contributed by atoms with Crippen molar-refractivity contribution in [2.75, 3.05) is 31.6 Å². The fourth-order valence-electron chi connectivity index (χ4n) is 2.93. The Morgan fingerprint density at radius 1 is 1.11 bits per heavy atom. The molecule has 0 aromatic heterocycles. The number of anilines is 1. The number of unbranched alkanes of at least 4 members (excludes halogenated alkanes) is 1. The van der Waals surface area contributed by atoms with Gasteiger partial charge in [-0.1, -0.05) is 25.5 Å². The van der Waals surface area contributed by atoms with Gasteiger partial charge >= 0.3 is 18.0 Å². The number of amides is 2. The normalized spacial score (nSPS) is 14.5. The molecule has 1 fully saturated rings. The first kappa shape index (κ1) is 20.7. The molecule has 0 atom stereocenters. The van der Waals surface area contributed by atoms with E-state index in [0.29, 0.717) is 50.4 Å². The van der Waals surface area contributed by atoms with E-state index < -0.39 is 5.97 Å². The Hall–Kier alpha value is -2.57. The summed E-state index contributed by atoms with van der Waals surface area (Å²) in [5.74, 6) is -0.798. The Morgan fingerprint density at radius 2 is 1.81 bits per heavy atom. The highest BCUT2D eigenvalue weighted by molar-refractivity contribution is 6.00. The van der Waals surface area contributed by atoms with Gasteiger partial charge in [-0.05, 0) is 38.3 Å². The summed E-state index contributed by atoms with van der Waals surface area (Å²) in [5, 5.41) is 2.79. The quantitative estimate of drug-likeness (QED) is 0.582. The minimum atomic E-state index is -0.444. The number of nitrogens with one attached hydrogen (secondary N) is 1. The molecule has 1 saturated heterocycles. The highest BCUT2D eigenvalue weighted by Gasteiger charge is 2.28. The molecule has 0 bridgehead atoms. The van der Waals surface area contributed by atoms with Crippen LogP contribution in [0.25, 0.3) is 0 Å². The van der Waals surface area contributed by atoms with Crippen molar-refractivity contribution in [3.8, 4) is 0 Å². The number of hydrogen-bond acceptors (Lipinski definition) is 5. The lowest BCUT2D eigenvalue weighted by Gasteiger charge is -2.31. The maximum absolute atomic E-state index is 12.6. The first-order valence-corrected chi connectivity index (χ1v) is 9.55. The van der Waals surface area contributed by atoms with E-state index in [9.17, 15) is 14.4 Å². The summed E-state index contributed by atoms with van der Waals surface area (Å²) < 4.78 is 10.3. The molecule has 1 aliphatic rings. The molecule has 0 aliphatic carbocycles. The first-order chi connectivity index (χ1) is 13.1. The van der Waals surface area contributed by atoms with Crippen LogP contribution in [0.3, 0.4) is 0 Å². The van der Waals surface area contributed by atoms with Crippen LogP contribution in [0.1, 0.15) is 49.9 Å². The highest BCUT2D eigenvalue weighted by atomic mass is 16.5. The van der Waals surface area contributed by atoms with Crippen LogP contribution < -0.4 is 5.32 Å². The molecule has 1 aromatic rings. The fourth-order valence-corrected chi connectivity index (χ4v) is 2.93. The van der Waals surface area contributed by atoms with Crippen molar-refractivity contribution in [1.29, 1.82) is 0 Å². The smallest absolute Gasteiger partial charge is 0.340 e.